The molecule has 2 N–H and O–H groups in total. The van der Waals surface area contributed by atoms with E-state index in [0.717, 1.165) is 38.8 Å². The van der Waals surface area contributed by atoms with Crippen LogP contribution in [0.1, 0.15) is 30.5 Å². The number of hydrogen-bond donors (Lipinski definition) is 2. The Kier molecular flexibility index (Phi) is 6.73. The Labute approximate surface area is 204 Å². The molecule has 0 fully saturated rings. The van der Waals surface area contributed by atoms with Crippen LogP contribution in [0.5, 0.6) is 5.75 Å². The average Bonchev–Trinajstić information content (AvgIpc) is 3.24. The van der Waals surface area contributed by atoms with Crippen molar-refractivity contribution >= 4 is 39.7 Å². The van der Waals surface area contributed by atoms with Gasteiger partial charge in [-0.3, -0.25) is 9.59 Å². The summed E-state index contributed by atoms with van der Waals surface area (Å²) >= 11 is 0. The fourth-order valence-electron chi connectivity index (χ4n) is 4.12. The average molecular weight is 469 g/mol. The summed E-state index contributed by atoms with van der Waals surface area (Å²) < 4.78 is 11.6. The summed E-state index contributed by atoms with van der Waals surface area (Å²) in [6.07, 6.45) is 3.32. The Morgan fingerprint density at radius 3 is 2.14 bits per heavy atom. The van der Waals surface area contributed by atoms with Crippen LogP contribution in [0.4, 0.5) is 11.4 Å². The number of carbonyl (C=O) groups excluding carboxylic acids is 2. The number of ether oxygens (including phenoxy) is 1. The third kappa shape index (κ3) is 5.11. The van der Waals surface area contributed by atoms with Gasteiger partial charge in [0, 0.05) is 46.5 Å². The molecule has 1 heterocycles. The van der Waals surface area contributed by atoms with Crippen LogP contribution in [0.25, 0.3) is 27.7 Å². The molecule has 0 saturated heterocycles. The van der Waals surface area contributed by atoms with Gasteiger partial charge in [-0.2, -0.15) is 0 Å². The first-order valence-electron chi connectivity index (χ1n) is 11.3. The zero-order chi connectivity index (χ0) is 25.1. The molecule has 0 radical (unpaired) electrons. The molecule has 0 spiro atoms. The predicted octanol–water partition coefficient (Wildman–Crippen LogP) is 6.73. The highest BCUT2D eigenvalue weighted by Crippen LogP contribution is 2.40. The van der Waals surface area contributed by atoms with E-state index in [1.165, 1.54) is 12.5 Å². The van der Waals surface area contributed by atoms with Gasteiger partial charge in [-0.25, -0.2) is 0 Å². The number of aryl methyl sites for hydroxylation is 2. The lowest BCUT2D eigenvalue weighted by molar-refractivity contribution is -0.114. The van der Waals surface area contributed by atoms with Crippen LogP contribution in [-0.2, 0) is 9.59 Å². The summed E-state index contributed by atoms with van der Waals surface area (Å²) in [5.74, 6) is 0.258. The maximum absolute atomic E-state index is 12.8. The minimum atomic E-state index is -0.263. The zero-order valence-corrected chi connectivity index (χ0v) is 20.5. The molecule has 4 rings (SSSR count). The molecule has 6 heteroatoms. The summed E-state index contributed by atoms with van der Waals surface area (Å²) in [6, 6.07) is 17.3. The smallest absolute Gasteiger partial charge is 0.248 e. The van der Waals surface area contributed by atoms with Gasteiger partial charge in [-0.1, -0.05) is 29.8 Å². The fraction of sp³-hybridized carbons (Fsp3) is 0.172. The van der Waals surface area contributed by atoms with E-state index < -0.39 is 0 Å². The number of methoxy groups -OCH3 is 1. The predicted molar refractivity (Wildman–Crippen MR) is 141 cm³/mol. The van der Waals surface area contributed by atoms with Crippen LogP contribution >= 0.6 is 0 Å². The number of allylic oxidation sites excluding steroid dienone is 1. The highest BCUT2D eigenvalue weighted by Gasteiger charge is 2.19. The second-order valence-corrected chi connectivity index (χ2v) is 8.55. The van der Waals surface area contributed by atoms with E-state index in [-0.39, 0.29) is 11.8 Å². The zero-order valence-electron chi connectivity index (χ0n) is 20.5. The minimum Gasteiger partial charge on any atom is -0.496 e. The summed E-state index contributed by atoms with van der Waals surface area (Å²) in [5, 5.41) is 6.53. The normalized spacial score (nSPS) is 11.4. The van der Waals surface area contributed by atoms with Crippen molar-refractivity contribution in [2.75, 3.05) is 17.7 Å². The number of amides is 2. The van der Waals surface area contributed by atoms with Crippen LogP contribution in [0.2, 0.25) is 0 Å². The molecule has 6 nitrogen and oxygen atoms in total. The molecule has 35 heavy (non-hydrogen) atoms. The lowest BCUT2D eigenvalue weighted by atomic mass is 9.96. The molecule has 3 aromatic carbocycles. The van der Waals surface area contributed by atoms with E-state index in [9.17, 15) is 9.59 Å². The number of rotatable bonds is 6. The van der Waals surface area contributed by atoms with Gasteiger partial charge in [0.05, 0.1) is 13.4 Å². The van der Waals surface area contributed by atoms with Crippen LogP contribution < -0.4 is 15.4 Å². The third-order valence-electron chi connectivity index (χ3n) is 5.86. The molecule has 0 saturated carbocycles. The van der Waals surface area contributed by atoms with Crippen molar-refractivity contribution in [2.24, 2.45) is 0 Å². The molecule has 0 aliphatic heterocycles. The molecule has 0 atom stereocenters. The quantitative estimate of drug-likeness (QED) is 0.308. The molecule has 0 aliphatic rings. The number of fused-ring (bicyclic) bond motifs is 1. The Morgan fingerprint density at radius 1 is 0.914 bits per heavy atom. The van der Waals surface area contributed by atoms with Gasteiger partial charge in [0.1, 0.15) is 11.3 Å². The molecule has 0 bridgehead atoms. The lowest BCUT2D eigenvalue weighted by Crippen LogP contribution is -2.09. The van der Waals surface area contributed by atoms with Crippen molar-refractivity contribution < 1.29 is 18.7 Å². The highest BCUT2D eigenvalue weighted by molar-refractivity contribution is 6.06. The third-order valence-corrected chi connectivity index (χ3v) is 5.86. The Hall–Kier alpha value is -4.32. The van der Waals surface area contributed by atoms with Gasteiger partial charge >= 0.3 is 0 Å². The van der Waals surface area contributed by atoms with Crippen molar-refractivity contribution in [3.8, 4) is 16.9 Å². The second-order valence-electron chi connectivity index (χ2n) is 8.55. The van der Waals surface area contributed by atoms with Gasteiger partial charge in [0.2, 0.25) is 11.8 Å². The summed E-state index contributed by atoms with van der Waals surface area (Å²) in [7, 11) is 1.62. The van der Waals surface area contributed by atoms with E-state index in [2.05, 4.69) is 41.8 Å². The van der Waals surface area contributed by atoms with Crippen LogP contribution in [0.3, 0.4) is 0 Å². The number of carbonyl (C=O) groups is 2. The van der Waals surface area contributed by atoms with E-state index in [4.69, 9.17) is 9.15 Å². The van der Waals surface area contributed by atoms with Crippen LogP contribution in [0.15, 0.2) is 71.4 Å². The standard InChI is InChI=1S/C29H28N2O4/c1-17-6-8-21(9-7-17)26-16-35-29-19(3)28(34-5)24(15-25(26)29)18(2)14-27(33)31-23-12-10-22(11-13-23)30-20(4)32/h6-16H,1-5H3,(H,30,32)(H,31,33)/b18-14+. The second kappa shape index (κ2) is 9.89. The first kappa shape index (κ1) is 23.8. The van der Waals surface area contributed by atoms with Gasteiger partial charge in [0.25, 0.3) is 0 Å². The molecule has 1 aromatic heterocycles. The lowest BCUT2D eigenvalue weighted by Gasteiger charge is -2.13. The highest BCUT2D eigenvalue weighted by atomic mass is 16.5. The molecule has 0 aliphatic carbocycles. The maximum atomic E-state index is 12.8. The molecular formula is C29H28N2O4. The van der Waals surface area contributed by atoms with Crippen LogP contribution in [0, 0.1) is 13.8 Å². The minimum absolute atomic E-state index is 0.148. The fourth-order valence-corrected chi connectivity index (χ4v) is 4.12. The number of nitrogens with one attached hydrogen (secondary N) is 2. The number of furan rings is 1. The number of anilines is 2. The first-order chi connectivity index (χ1) is 16.8. The number of benzene rings is 3. The van der Waals surface area contributed by atoms with Crippen molar-refractivity contribution in [2.45, 2.75) is 27.7 Å². The Morgan fingerprint density at radius 2 is 1.54 bits per heavy atom. The van der Waals surface area contributed by atoms with Gasteiger partial charge in [0.15, 0.2) is 0 Å². The van der Waals surface area contributed by atoms with E-state index >= 15 is 0 Å². The van der Waals surface area contributed by atoms with E-state index in [0.29, 0.717) is 17.1 Å². The SMILES string of the molecule is COc1c(/C(C)=C/C(=O)Nc2ccc(NC(C)=O)cc2)cc2c(-c3ccc(C)cc3)coc2c1C. The van der Waals surface area contributed by atoms with Crippen molar-refractivity contribution in [3.05, 3.63) is 83.6 Å². The van der Waals surface area contributed by atoms with Crippen LogP contribution in [-0.4, -0.2) is 18.9 Å². The first-order valence-corrected chi connectivity index (χ1v) is 11.3. The van der Waals surface area contributed by atoms with E-state index in [1.807, 2.05) is 19.9 Å². The largest absolute Gasteiger partial charge is 0.496 e. The number of hydrogen-bond acceptors (Lipinski definition) is 4. The molecule has 0 unspecified atom stereocenters. The van der Waals surface area contributed by atoms with Gasteiger partial charge < -0.3 is 19.8 Å². The molecule has 4 aromatic rings. The molecule has 2 amide bonds. The summed E-state index contributed by atoms with van der Waals surface area (Å²) in [6.45, 7) is 7.34. The summed E-state index contributed by atoms with van der Waals surface area (Å²) in [4.78, 5) is 23.9. The van der Waals surface area contributed by atoms with E-state index in [1.54, 1.807) is 43.7 Å². The van der Waals surface area contributed by atoms with Crippen molar-refractivity contribution in [1.82, 2.24) is 0 Å². The monoisotopic (exact) mass is 468 g/mol. The van der Waals surface area contributed by atoms with Gasteiger partial charge in [-0.05, 0) is 62.2 Å². The Balaban J connectivity index is 1.66. The van der Waals surface area contributed by atoms with Crippen molar-refractivity contribution in [1.29, 1.82) is 0 Å². The molecule has 178 valence electrons. The van der Waals surface area contributed by atoms with Gasteiger partial charge in [-0.15, -0.1) is 0 Å². The Bertz CT molecular complexity index is 1430. The topological polar surface area (TPSA) is 80.6 Å². The summed E-state index contributed by atoms with van der Waals surface area (Å²) in [5.41, 5.74) is 7.75. The van der Waals surface area contributed by atoms with Crippen molar-refractivity contribution in [3.63, 3.8) is 0 Å². The molecular weight excluding hydrogens is 440 g/mol. The maximum Gasteiger partial charge on any atom is 0.248 e.